The largest absolute Gasteiger partial charge is 0.454 e. The van der Waals surface area contributed by atoms with Crippen molar-refractivity contribution in [2.75, 3.05) is 0 Å². The molecule has 5 aliphatic carbocycles. The summed E-state index contributed by atoms with van der Waals surface area (Å²) in [6.07, 6.45) is 30.5. The van der Waals surface area contributed by atoms with Gasteiger partial charge >= 0.3 is 29.8 Å². The number of benzene rings is 5. The van der Waals surface area contributed by atoms with Gasteiger partial charge in [-0.05, 0) is 300 Å². The number of carbonyl (C=O) groups excluding carboxylic acids is 5. The predicted octanol–water partition coefficient (Wildman–Crippen LogP) is 24.7. The number of carbonyl (C=O) groups is 5. The molecule has 5 aromatic rings. The Balaban J connectivity index is 0.000000202. The normalized spacial score (nSPS) is 17.8. The summed E-state index contributed by atoms with van der Waals surface area (Å²) in [4.78, 5) is 62.6. The van der Waals surface area contributed by atoms with E-state index in [-0.39, 0.29) is 35.4 Å². The second kappa shape index (κ2) is 37.3. The highest BCUT2D eigenvalue weighted by atomic mass is 16.6. The van der Waals surface area contributed by atoms with E-state index in [1.165, 1.54) is 17.5 Å². The summed E-state index contributed by atoms with van der Waals surface area (Å²) in [6.45, 7) is 41.7. The van der Waals surface area contributed by atoms with E-state index in [2.05, 4.69) is 112 Å². The second-order valence-corrected chi connectivity index (χ2v) is 33.4. The number of hydrogen-bond donors (Lipinski definition) is 0. The van der Waals surface area contributed by atoms with Gasteiger partial charge in [0.2, 0.25) is 0 Å². The van der Waals surface area contributed by atoms with Crippen LogP contribution in [0.15, 0.2) is 141 Å². The standard InChI is InChI=1S/C20H28O2.C19H28O2.C19H26O2.C18H26O2.C17H24O2/c1-5-16-11-10-12-17(15-16)20(13-8-7-9-14-20)22-18(21)19(3,4)6-2;1-5-15-9-11-16(12-10-15)19(13-7-8-14-19)21-17(20)18(3,4)6-2;1-5-15-10-9-11-16(14-15)19(12-7-8-13-19)21-17(20)18(3,4)6-2;1-5-17(3,4)16(19)20-18(12-6-7-13-18)15-10-8-14(2)9-11-15;1-4-16(2,3)15(18)19-17(12-8-9-13-17)14-10-6-5-7-11-14/h5,10-12,15H,1,6-9,13-14H2,2-4H3;9-12H,5-8,13-14H2,1-4H3;5,9-11,14H,1,6-8,12-13H2,2-4H3;8-11H,5-7,12-13H2,1-4H3;5-7,10-11H,4,8-9,12-13H2,1-3H3. The minimum atomic E-state index is -0.458. The Morgan fingerprint density at radius 3 is 0.806 bits per heavy atom. The van der Waals surface area contributed by atoms with Gasteiger partial charge in [0.05, 0.1) is 27.1 Å². The molecule has 564 valence electrons. The van der Waals surface area contributed by atoms with E-state index in [1.807, 2.05) is 158 Å². The Hall–Kier alpha value is -7.07. The molecule has 0 unspecified atom stereocenters. The summed E-state index contributed by atoms with van der Waals surface area (Å²) in [5.41, 5.74) is 6.28. The van der Waals surface area contributed by atoms with Crippen LogP contribution < -0.4 is 0 Å². The highest BCUT2D eigenvalue weighted by Crippen LogP contribution is 2.49. The van der Waals surface area contributed by atoms with Crippen LogP contribution in [0.5, 0.6) is 0 Å². The smallest absolute Gasteiger partial charge is 0.312 e. The molecule has 0 N–H and O–H groups in total. The molecule has 0 aromatic heterocycles. The first-order valence-electron chi connectivity index (χ1n) is 39.6. The number of aryl methyl sites for hydroxylation is 2. The maximum absolute atomic E-state index is 12.7. The highest BCUT2D eigenvalue weighted by molar-refractivity contribution is 5.79. The van der Waals surface area contributed by atoms with E-state index in [1.54, 1.807) is 0 Å². The van der Waals surface area contributed by atoms with E-state index >= 15 is 0 Å². The van der Waals surface area contributed by atoms with Gasteiger partial charge < -0.3 is 23.7 Å². The fourth-order valence-corrected chi connectivity index (χ4v) is 14.0. The highest BCUT2D eigenvalue weighted by Gasteiger charge is 2.47. The lowest BCUT2D eigenvalue weighted by molar-refractivity contribution is -0.176. The van der Waals surface area contributed by atoms with Crippen molar-refractivity contribution in [1.29, 1.82) is 0 Å². The van der Waals surface area contributed by atoms with Crippen molar-refractivity contribution in [1.82, 2.24) is 0 Å². The van der Waals surface area contributed by atoms with Gasteiger partial charge in [0.1, 0.15) is 28.0 Å². The first-order valence-corrected chi connectivity index (χ1v) is 39.6. The molecule has 0 aliphatic heterocycles. The third kappa shape index (κ3) is 22.0. The van der Waals surface area contributed by atoms with Crippen LogP contribution in [0, 0.1) is 34.0 Å². The van der Waals surface area contributed by atoms with Crippen molar-refractivity contribution in [2.45, 2.75) is 319 Å². The molecule has 5 aromatic carbocycles. The van der Waals surface area contributed by atoms with Crippen LogP contribution in [0.25, 0.3) is 12.2 Å². The van der Waals surface area contributed by atoms with Crippen molar-refractivity contribution in [2.24, 2.45) is 27.1 Å². The maximum atomic E-state index is 12.7. The number of rotatable bonds is 23. The molecular formula is C93H132O10. The lowest BCUT2D eigenvalue weighted by Gasteiger charge is -2.39. The molecule has 0 spiro atoms. The number of hydrogen-bond acceptors (Lipinski definition) is 10. The summed E-state index contributed by atoms with van der Waals surface area (Å²) >= 11 is 0. The fourth-order valence-electron chi connectivity index (χ4n) is 14.0. The van der Waals surface area contributed by atoms with Gasteiger partial charge in [0.25, 0.3) is 0 Å². The molecule has 0 atom stereocenters. The zero-order valence-electron chi connectivity index (χ0n) is 66.9. The van der Waals surface area contributed by atoms with E-state index < -0.39 is 49.5 Å². The molecule has 5 aliphatic rings. The first-order chi connectivity index (χ1) is 48.7. The number of esters is 5. The Morgan fingerprint density at radius 1 is 0.320 bits per heavy atom. The van der Waals surface area contributed by atoms with Crippen molar-refractivity contribution in [3.05, 3.63) is 191 Å². The fraction of sp³-hybridized carbons (Fsp3) is 0.581. The average molecular weight is 1410 g/mol. The van der Waals surface area contributed by atoms with Crippen LogP contribution >= 0.6 is 0 Å². The summed E-state index contributed by atoms with van der Waals surface area (Å²) in [6, 6.07) is 43.8. The average Bonchev–Trinajstić information content (AvgIpc) is 1.62. The Kier molecular flexibility index (Phi) is 30.7. The molecule has 5 fully saturated rings. The lowest BCUT2D eigenvalue weighted by Crippen LogP contribution is -2.39. The van der Waals surface area contributed by atoms with E-state index in [0.29, 0.717) is 0 Å². The zero-order valence-corrected chi connectivity index (χ0v) is 66.9. The van der Waals surface area contributed by atoms with E-state index in [0.717, 1.165) is 206 Å². The first kappa shape index (κ1) is 84.9. The molecule has 0 heterocycles. The Labute approximate surface area is 623 Å². The molecule has 0 bridgehead atoms. The molecule has 0 amide bonds. The third-order valence-electron chi connectivity index (χ3n) is 24.0. The lowest BCUT2D eigenvalue weighted by atomic mass is 9.78. The van der Waals surface area contributed by atoms with Gasteiger partial charge in [-0.1, -0.05) is 194 Å². The van der Waals surface area contributed by atoms with Crippen LogP contribution in [-0.2, 0) is 82.1 Å². The van der Waals surface area contributed by atoms with Crippen molar-refractivity contribution in [3.63, 3.8) is 0 Å². The summed E-state index contributed by atoms with van der Waals surface area (Å²) < 4.78 is 30.3. The van der Waals surface area contributed by atoms with Crippen molar-refractivity contribution in [3.8, 4) is 0 Å². The van der Waals surface area contributed by atoms with Gasteiger partial charge in [-0.25, -0.2) is 0 Å². The van der Waals surface area contributed by atoms with Gasteiger partial charge in [0, 0.05) is 0 Å². The van der Waals surface area contributed by atoms with Gasteiger partial charge in [-0.2, -0.15) is 0 Å². The molecule has 5 saturated carbocycles. The molecule has 10 heteroatoms. The van der Waals surface area contributed by atoms with Gasteiger partial charge in [0.15, 0.2) is 0 Å². The third-order valence-corrected chi connectivity index (χ3v) is 24.0. The summed E-state index contributed by atoms with van der Waals surface area (Å²) in [5.74, 6) is -0.369. The molecule has 10 rings (SSSR count). The monoisotopic (exact) mass is 1410 g/mol. The molecular weight excluding hydrogens is 1280 g/mol. The number of ether oxygens (including phenoxy) is 5. The van der Waals surface area contributed by atoms with E-state index in [4.69, 9.17) is 23.7 Å². The van der Waals surface area contributed by atoms with Gasteiger partial charge in [-0.15, -0.1) is 0 Å². The molecule has 0 radical (unpaired) electrons. The Bertz CT molecular complexity index is 3510. The quantitative estimate of drug-likeness (QED) is 0.0460. The summed E-state index contributed by atoms with van der Waals surface area (Å²) in [5, 5.41) is 0. The van der Waals surface area contributed by atoms with Crippen LogP contribution in [0.4, 0.5) is 0 Å². The Morgan fingerprint density at radius 2 is 0.553 bits per heavy atom. The van der Waals surface area contributed by atoms with Crippen molar-refractivity contribution >= 4 is 42.0 Å². The second-order valence-electron chi connectivity index (χ2n) is 33.4. The molecule has 0 saturated heterocycles. The van der Waals surface area contributed by atoms with Crippen LogP contribution in [0.1, 0.15) is 328 Å². The minimum absolute atomic E-state index is 0.0635. The van der Waals surface area contributed by atoms with Crippen LogP contribution in [0.3, 0.4) is 0 Å². The minimum Gasteiger partial charge on any atom is -0.454 e. The SMILES string of the molecule is C=Cc1cccc(C2(OC(=O)C(C)(C)CC)CCCC2)c1.C=Cc1cccc(C2(OC(=O)C(C)(C)CC)CCCCC2)c1.CCC(C)(C)C(=O)OC1(c2ccc(C)cc2)CCCC1.CCC(C)(C)C(=O)OC1(c2ccccc2)CCCC1.CCc1ccc(C2(OC(=O)C(C)(C)CC)CCCC2)cc1. The van der Waals surface area contributed by atoms with Crippen molar-refractivity contribution < 1.29 is 47.7 Å². The van der Waals surface area contributed by atoms with Gasteiger partial charge in [-0.3, -0.25) is 24.0 Å². The topological polar surface area (TPSA) is 132 Å². The zero-order chi connectivity index (χ0) is 76.0. The van der Waals surface area contributed by atoms with E-state index in [9.17, 15) is 24.0 Å². The molecule has 103 heavy (non-hydrogen) atoms. The van der Waals surface area contributed by atoms with Crippen LogP contribution in [-0.4, -0.2) is 29.8 Å². The molecule has 10 nitrogen and oxygen atoms in total. The summed E-state index contributed by atoms with van der Waals surface area (Å²) in [7, 11) is 0. The van der Waals surface area contributed by atoms with Crippen LogP contribution in [0.2, 0.25) is 0 Å². The maximum Gasteiger partial charge on any atom is 0.312 e. The predicted molar refractivity (Wildman–Crippen MR) is 423 cm³/mol.